The van der Waals surface area contributed by atoms with Gasteiger partial charge in [-0.15, -0.1) is 11.3 Å². The first kappa shape index (κ1) is 11.6. The number of halogens is 1. The van der Waals surface area contributed by atoms with Crippen molar-refractivity contribution in [1.82, 2.24) is 4.90 Å². The van der Waals surface area contributed by atoms with Crippen LogP contribution in [0.3, 0.4) is 0 Å². The van der Waals surface area contributed by atoms with Gasteiger partial charge in [-0.25, -0.2) is 0 Å². The van der Waals surface area contributed by atoms with Crippen LogP contribution in [0, 0.1) is 0 Å². The van der Waals surface area contributed by atoms with Gasteiger partial charge in [0.15, 0.2) is 0 Å². The van der Waals surface area contributed by atoms with Crippen molar-refractivity contribution in [2.24, 2.45) is 0 Å². The van der Waals surface area contributed by atoms with Crippen LogP contribution in [0.5, 0.6) is 0 Å². The molecule has 1 saturated carbocycles. The van der Waals surface area contributed by atoms with E-state index in [1.54, 1.807) is 0 Å². The topological polar surface area (TPSA) is 3.24 Å². The molecule has 0 saturated heterocycles. The third kappa shape index (κ3) is 3.58. The second kappa shape index (κ2) is 5.46. The minimum Gasteiger partial charge on any atom is -0.295 e. The molecule has 0 radical (unpaired) electrons. The number of unbranched alkanes of at least 4 members (excludes halogenated alkanes) is 1. The lowest BCUT2D eigenvalue weighted by Crippen LogP contribution is -2.26. The number of hydrogen-bond acceptors (Lipinski definition) is 2. The van der Waals surface area contributed by atoms with Gasteiger partial charge in [0.1, 0.15) is 0 Å². The van der Waals surface area contributed by atoms with Crippen LogP contribution in [0.25, 0.3) is 0 Å². The minimum absolute atomic E-state index is 0.887. The van der Waals surface area contributed by atoms with Gasteiger partial charge in [-0.3, -0.25) is 4.90 Å². The fraction of sp³-hybridized carbons (Fsp3) is 0.667. The largest absolute Gasteiger partial charge is 0.295 e. The normalized spacial score (nSPS) is 16.2. The van der Waals surface area contributed by atoms with Crippen molar-refractivity contribution in [3.8, 4) is 0 Å². The van der Waals surface area contributed by atoms with Gasteiger partial charge in [0.2, 0.25) is 0 Å². The van der Waals surface area contributed by atoms with Crippen LogP contribution in [0.2, 0.25) is 0 Å². The Kier molecular flexibility index (Phi) is 4.23. The SMILES string of the molecule is CCCCN(Cc1cc(Br)cs1)C1CC1. The van der Waals surface area contributed by atoms with Gasteiger partial charge in [0, 0.05) is 27.3 Å². The number of hydrogen-bond donors (Lipinski definition) is 0. The zero-order valence-corrected chi connectivity index (χ0v) is 11.6. The molecule has 84 valence electrons. The molecule has 1 aliphatic carbocycles. The highest BCUT2D eigenvalue weighted by Crippen LogP contribution is 2.30. The monoisotopic (exact) mass is 287 g/mol. The van der Waals surface area contributed by atoms with Gasteiger partial charge in [0.25, 0.3) is 0 Å². The predicted molar refractivity (Wildman–Crippen MR) is 70.4 cm³/mol. The van der Waals surface area contributed by atoms with Crippen molar-refractivity contribution in [2.45, 2.75) is 45.2 Å². The van der Waals surface area contributed by atoms with E-state index in [9.17, 15) is 0 Å². The fourth-order valence-corrected chi connectivity index (χ4v) is 3.30. The van der Waals surface area contributed by atoms with E-state index < -0.39 is 0 Å². The van der Waals surface area contributed by atoms with Crippen LogP contribution in [0.1, 0.15) is 37.5 Å². The summed E-state index contributed by atoms with van der Waals surface area (Å²) in [6, 6.07) is 3.14. The molecule has 0 bridgehead atoms. The van der Waals surface area contributed by atoms with Gasteiger partial charge < -0.3 is 0 Å². The number of rotatable bonds is 6. The average Bonchev–Trinajstić information content (AvgIpc) is 2.98. The lowest BCUT2D eigenvalue weighted by Gasteiger charge is -2.20. The van der Waals surface area contributed by atoms with Gasteiger partial charge in [-0.2, -0.15) is 0 Å². The van der Waals surface area contributed by atoms with Crippen molar-refractivity contribution in [1.29, 1.82) is 0 Å². The number of thiophene rings is 1. The van der Waals surface area contributed by atoms with Crippen molar-refractivity contribution in [3.63, 3.8) is 0 Å². The summed E-state index contributed by atoms with van der Waals surface area (Å²) in [6.45, 7) is 4.70. The van der Waals surface area contributed by atoms with E-state index in [-0.39, 0.29) is 0 Å². The minimum atomic E-state index is 0.887. The molecule has 0 aromatic carbocycles. The van der Waals surface area contributed by atoms with Crippen LogP contribution in [0.15, 0.2) is 15.9 Å². The summed E-state index contributed by atoms with van der Waals surface area (Å²) in [5.74, 6) is 0. The lowest BCUT2D eigenvalue weighted by atomic mass is 10.3. The first-order valence-corrected chi connectivity index (χ1v) is 7.44. The molecule has 0 spiro atoms. The molecule has 2 rings (SSSR count). The molecule has 3 heteroatoms. The molecule has 1 fully saturated rings. The molecule has 1 aromatic heterocycles. The molecule has 15 heavy (non-hydrogen) atoms. The molecule has 0 aliphatic heterocycles. The van der Waals surface area contributed by atoms with E-state index in [1.165, 1.54) is 41.6 Å². The molecular formula is C12H18BrNS. The van der Waals surface area contributed by atoms with E-state index in [4.69, 9.17) is 0 Å². The van der Waals surface area contributed by atoms with Crippen LogP contribution in [-0.2, 0) is 6.54 Å². The zero-order valence-electron chi connectivity index (χ0n) is 9.21. The van der Waals surface area contributed by atoms with Crippen LogP contribution >= 0.6 is 27.3 Å². The molecular weight excluding hydrogens is 270 g/mol. The van der Waals surface area contributed by atoms with E-state index in [2.05, 4.69) is 39.2 Å². The molecule has 1 nitrogen and oxygen atoms in total. The molecule has 0 amide bonds. The van der Waals surface area contributed by atoms with Crippen molar-refractivity contribution in [3.05, 3.63) is 20.8 Å². The summed E-state index contributed by atoms with van der Waals surface area (Å²) in [5.41, 5.74) is 0. The molecule has 0 atom stereocenters. The van der Waals surface area contributed by atoms with Crippen molar-refractivity contribution < 1.29 is 0 Å². The van der Waals surface area contributed by atoms with Crippen LogP contribution in [0.4, 0.5) is 0 Å². The van der Waals surface area contributed by atoms with Gasteiger partial charge in [-0.1, -0.05) is 13.3 Å². The highest BCUT2D eigenvalue weighted by atomic mass is 79.9. The summed E-state index contributed by atoms with van der Waals surface area (Å²) >= 11 is 5.39. The van der Waals surface area contributed by atoms with E-state index >= 15 is 0 Å². The average molecular weight is 288 g/mol. The van der Waals surface area contributed by atoms with E-state index in [0.717, 1.165) is 12.6 Å². The molecule has 0 unspecified atom stereocenters. The van der Waals surface area contributed by atoms with Gasteiger partial charge in [0.05, 0.1) is 0 Å². The molecule has 1 aromatic rings. The Hall–Kier alpha value is 0.140. The Bertz CT molecular complexity index is 306. The Morgan fingerprint density at radius 3 is 2.87 bits per heavy atom. The second-order valence-electron chi connectivity index (χ2n) is 4.29. The zero-order chi connectivity index (χ0) is 10.7. The summed E-state index contributed by atoms with van der Waals surface area (Å²) in [4.78, 5) is 4.15. The second-order valence-corrected chi connectivity index (χ2v) is 6.20. The summed E-state index contributed by atoms with van der Waals surface area (Å²) < 4.78 is 1.23. The first-order valence-electron chi connectivity index (χ1n) is 5.76. The Morgan fingerprint density at radius 2 is 2.33 bits per heavy atom. The van der Waals surface area contributed by atoms with Gasteiger partial charge >= 0.3 is 0 Å². The van der Waals surface area contributed by atoms with Crippen molar-refractivity contribution >= 4 is 27.3 Å². The van der Waals surface area contributed by atoms with Gasteiger partial charge in [-0.05, 0) is 47.8 Å². The maximum atomic E-state index is 3.52. The highest BCUT2D eigenvalue weighted by molar-refractivity contribution is 9.10. The third-order valence-corrected chi connectivity index (χ3v) is 4.53. The molecule has 0 N–H and O–H groups in total. The lowest BCUT2D eigenvalue weighted by molar-refractivity contribution is 0.253. The first-order chi connectivity index (χ1) is 7.29. The smallest absolute Gasteiger partial charge is 0.0331 e. The van der Waals surface area contributed by atoms with E-state index in [0.29, 0.717) is 0 Å². The standard InChI is InChI=1S/C12H18BrNS/c1-2-3-6-14(11-4-5-11)8-12-7-10(13)9-15-12/h7,9,11H,2-6,8H2,1H3. The summed E-state index contributed by atoms with van der Waals surface area (Å²) in [6.07, 6.45) is 5.47. The van der Waals surface area contributed by atoms with E-state index in [1.807, 2.05) is 11.3 Å². The highest BCUT2D eigenvalue weighted by Gasteiger charge is 2.28. The maximum absolute atomic E-state index is 3.52. The Balaban J connectivity index is 1.88. The molecule has 1 aliphatic rings. The quantitative estimate of drug-likeness (QED) is 0.755. The maximum Gasteiger partial charge on any atom is 0.0331 e. The Morgan fingerprint density at radius 1 is 1.53 bits per heavy atom. The number of nitrogens with zero attached hydrogens (tertiary/aromatic N) is 1. The van der Waals surface area contributed by atoms with Crippen LogP contribution in [-0.4, -0.2) is 17.5 Å². The third-order valence-electron chi connectivity index (χ3n) is 2.84. The van der Waals surface area contributed by atoms with Crippen molar-refractivity contribution in [2.75, 3.05) is 6.54 Å². The predicted octanol–water partition coefficient (Wildman–Crippen LogP) is 4.28. The molecule has 1 heterocycles. The Labute approximate surface area is 105 Å². The summed E-state index contributed by atoms with van der Waals surface area (Å²) in [7, 11) is 0. The van der Waals surface area contributed by atoms with Crippen LogP contribution < -0.4 is 0 Å². The fourth-order valence-electron chi connectivity index (χ4n) is 1.83. The summed E-state index contributed by atoms with van der Waals surface area (Å²) in [5, 5.41) is 2.18.